The molecule has 22 heavy (non-hydrogen) atoms. The molecule has 0 aliphatic carbocycles. The molecule has 1 saturated heterocycles. The third-order valence-electron chi connectivity index (χ3n) is 3.74. The second kappa shape index (κ2) is 7.77. The molecule has 2 rings (SSSR count). The first-order valence-corrected chi connectivity index (χ1v) is 7.72. The van der Waals surface area contributed by atoms with Gasteiger partial charge in [-0.25, -0.2) is 9.18 Å². The lowest BCUT2D eigenvalue weighted by Crippen LogP contribution is -2.47. The van der Waals surface area contributed by atoms with E-state index in [9.17, 15) is 14.0 Å². The van der Waals surface area contributed by atoms with Gasteiger partial charge in [0.05, 0.1) is 0 Å². The van der Waals surface area contributed by atoms with Crippen LogP contribution in [0.2, 0.25) is 0 Å². The second-order valence-electron chi connectivity index (χ2n) is 5.43. The zero-order valence-electron chi connectivity index (χ0n) is 12.8. The van der Waals surface area contributed by atoms with Crippen molar-refractivity contribution in [1.29, 1.82) is 0 Å². The molecule has 1 aromatic rings. The maximum atomic E-state index is 12.9. The van der Waals surface area contributed by atoms with E-state index < -0.39 is 6.04 Å². The first-order chi connectivity index (χ1) is 10.6. The van der Waals surface area contributed by atoms with Gasteiger partial charge in [-0.1, -0.05) is 13.3 Å². The van der Waals surface area contributed by atoms with E-state index in [0.29, 0.717) is 25.2 Å². The van der Waals surface area contributed by atoms with Crippen molar-refractivity contribution >= 4 is 17.6 Å². The molecule has 2 N–H and O–H groups in total. The Labute approximate surface area is 129 Å². The van der Waals surface area contributed by atoms with Crippen molar-refractivity contribution in [3.05, 3.63) is 30.1 Å². The van der Waals surface area contributed by atoms with Crippen molar-refractivity contribution < 1.29 is 14.0 Å². The Morgan fingerprint density at radius 2 is 2.05 bits per heavy atom. The van der Waals surface area contributed by atoms with Crippen LogP contribution in [0, 0.1) is 5.82 Å². The van der Waals surface area contributed by atoms with Crippen LogP contribution in [-0.2, 0) is 4.79 Å². The zero-order chi connectivity index (χ0) is 15.9. The number of carbonyl (C=O) groups is 2. The molecule has 6 heteroatoms. The molecule has 0 saturated carbocycles. The Bertz CT molecular complexity index is 519. The summed E-state index contributed by atoms with van der Waals surface area (Å²) in [5, 5.41) is 5.58. The van der Waals surface area contributed by atoms with E-state index in [4.69, 9.17) is 0 Å². The van der Waals surface area contributed by atoms with Gasteiger partial charge in [0, 0.05) is 18.8 Å². The molecule has 0 unspecified atom stereocenters. The Morgan fingerprint density at radius 1 is 1.32 bits per heavy atom. The molecule has 0 spiro atoms. The monoisotopic (exact) mass is 307 g/mol. The standard InChI is InChI=1S/C16H22FN3O2/c1-2-3-10-18-15(21)14-5-4-11-20(14)16(22)19-13-8-6-12(17)7-9-13/h6-9,14H,2-5,10-11H2,1H3,(H,18,21)(H,19,22)/t14-/m0/s1. The summed E-state index contributed by atoms with van der Waals surface area (Å²) in [6.45, 7) is 3.25. The molecule has 3 amide bonds. The number of nitrogens with zero attached hydrogens (tertiary/aromatic N) is 1. The number of halogens is 1. The van der Waals surface area contributed by atoms with Gasteiger partial charge >= 0.3 is 6.03 Å². The number of amides is 3. The fraction of sp³-hybridized carbons (Fsp3) is 0.500. The van der Waals surface area contributed by atoms with E-state index in [0.717, 1.165) is 19.3 Å². The highest BCUT2D eigenvalue weighted by atomic mass is 19.1. The van der Waals surface area contributed by atoms with Gasteiger partial charge in [-0.15, -0.1) is 0 Å². The van der Waals surface area contributed by atoms with Gasteiger partial charge in [-0.2, -0.15) is 0 Å². The van der Waals surface area contributed by atoms with Crippen LogP contribution >= 0.6 is 0 Å². The van der Waals surface area contributed by atoms with Gasteiger partial charge in [0.15, 0.2) is 0 Å². The molecule has 5 nitrogen and oxygen atoms in total. The van der Waals surface area contributed by atoms with Crippen molar-refractivity contribution in [2.24, 2.45) is 0 Å². The number of unbranched alkanes of at least 4 members (excludes halogenated alkanes) is 1. The van der Waals surface area contributed by atoms with Crippen molar-refractivity contribution in [3.8, 4) is 0 Å². The zero-order valence-corrected chi connectivity index (χ0v) is 12.8. The maximum absolute atomic E-state index is 12.9. The van der Waals surface area contributed by atoms with Gasteiger partial charge < -0.3 is 15.5 Å². The maximum Gasteiger partial charge on any atom is 0.322 e. The number of likely N-dealkylation sites (tertiary alicyclic amines) is 1. The van der Waals surface area contributed by atoms with Gasteiger partial charge in [0.1, 0.15) is 11.9 Å². The minimum atomic E-state index is -0.419. The minimum absolute atomic E-state index is 0.0970. The molecule has 1 heterocycles. The first kappa shape index (κ1) is 16.3. The lowest BCUT2D eigenvalue weighted by molar-refractivity contribution is -0.124. The predicted octanol–water partition coefficient (Wildman–Crippen LogP) is 2.74. The van der Waals surface area contributed by atoms with Crippen LogP contribution < -0.4 is 10.6 Å². The Morgan fingerprint density at radius 3 is 2.73 bits per heavy atom. The van der Waals surface area contributed by atoms with Crippen molar-refractivity contribution in [2.75, 3.05) is 18.4 Å². The number of rotatable bonds is 5. The summed E-state index contributed by atoms with van der Waals surface area (Å²) in [6, 6.07) is 4.83. The van der Waals surface area contributed by atoms with E-state index in [1.54, 1.807) is 4.90 Å². The van der Waals surface area contributed by atoms with Crippen LogP contribution in [0.4, 0.5) is 14.9 Å². The largest absolute Gasteiger partial charge is 0.354 e. The molecule has 0 radical (unpaired) electrons. The lowest BCUT2D eigenvalue weighted by Gasteiger charge is -2.24. The SMILES string of the molecule is CCCCNC(=O)[C@@H]1CCCN1C(=O)Nc1ccc(F)cc1. The minimum Gasteiger partial charge on any atom is -0.354 e. The molecule has 1 aromatic carbocycles. The second-order valence-corrected chi connectivity index (χ2v) is 5.43. The highest BCUT2D eigenvalue weighted by Gasteiger charge is 2.33. The summed E-state index contributed by atoms with van der Waals surface area (Å²) in [7, 11) is 0. The van der Waals surface area contributed by atoms with Crippen LogP contribution in [0.5, 0.6) is 0 Å². The fourth-order valence-corrected chi connectivity index (χ4v) is 2.52. The third kappa shape index (κ3) is 4.19. The molecular formula is C16H22FN3O2. The average Bonchev–Trinajstić information content (AvgIpc) is 2.99. The number of carbonyl (C=O) groups excluding carboxylic acids is 2. The van der Waals surface area contributed by atoms with Gasteiger partial charge in [0.25, 0.3) is 0 Å². The van der Waals surface area contributed by atoms with Gasteiger partial charge in [-0.3, -0.25) is 4.79 Å². The smallest absolute Gasteiger partial charge is 0.322 e. The van der Waals surface area contributed by atoms with Gasteiger partial charge in [0.2, 0.25) is 5.91 Å². The van der Waals surface area contributed by atoms with E-state index in [1.807, 2.05) is 0 Å². The Hall–Kier alpha value is -2.11. The van der Waals surface area contributed by atoms with E-state index >= 15 is 0 Å². The van der Waals surface area contributed by atoms with Crippen LogP contribution in [0.15, 0.2) is 24.3 Å². The van der Waals surface area contributed by atoms with Crippen molar-refractivity contribution in [1.82, 2.24) is 10.2 Å². The molecule has 1 atom stereocenters. The molecule has 1 aliphatic rings. The summed E-state index contributed by atoms with van der Waals surface area (Å²) in [5.41, 5.74) is 0.517. The van der Waals surface area contributed by atoms with Gasteiger partial charge in [-0.05, 0) is 43.5 Å². The summed E-state index contributed by atoms with van der Waals surface area (Å²) in [5.74, 6) is -0.451. The fourth-order valence-electron chi connectivity index (χ4n) is 2.52. The highest BCUT2D eigenvalue weighted by Crippen LogP contribution is 2.19. The normalized spacial score (nSPS) is 17.4. The average molecular weight is 307 g/mol. The predicted molar refractivity (Wildman–Crippen MR) is 83.1 cm³/mol. The summed E-state index contributed by atoms with van der Waals surface area (Å²) in [6.07, 6.45) is 3.43. The Balaban J connectivity index is 1.92. The summed E-state index contributed by atoms with van der Waals surface area (Å²) in [4.78, 5) is 26.0. The molecule has 0 aromatic heterocycles. The molecular weight excluding hydrogens is 285 g/mol. The Kier molecular flexibility index (Phi) is 5.75. The number of hydrogen-bond acceptors (Lipinski definition) is 2. The first-order valence-electron chi connectivity index (χ1n) is 7.72. The van der Waals surface area contributed by atoms with Crippen molar-refractivity contribution in [3.63, 3.8) is 0 Å². The topological polar surface area (TPSA) is 61.4 Å². The van der Waals surface area contributed by atoms with E-state index in [1.165, 1.54) is 24.3 Å². The third-order valence-corrected chi connectivity index (χ3v) is 3.74. The number of hydrogen-bond donors (Lipinski definition) is 2. The highest BCUT2D eigenvalue weighted by molar-refractivity contribution is 5.94. The quantitative estimate of drug-likeness (QED) is 0.822. The molecule has 1 aliphatic heterocycles. The molecule has 0 bridgehead atoms. The van der Waals surface area contributed by atoms with E-state index in [2.05, 4.69) is 17.6 Å². The number of benzene rings is 1. The van der Waals surface area contributed by atoms with Crippen LogP contribution in [0.3, 0.4) is 0 Å². The number of urea groups is 1. The van der Waals surface area contributed by atoms with Crippen LogP contribution in [0.1, 0.15) is 32.6 Å². The van der Waals surface area contributed by atoms with Crippen LogP contribution in [0.25, 0.3) is 0 Å². The molecule has 120 valence electrons. The summed E-state index contributed by atoms with van der Waals surface area (Å²) >= 11 is 0. The number of anilines is 1. The molecule has 1 fully saturated rings. The van der Waals surface area contributed by atoms with Crippen molar-refractivity contribution in [2.45, 2.75) is 38.6 Å². The summed E-state index contributed by atoms with van der Waals surface area (Å²) < 4.78 is 12.9. The van der Waals surface area contributed by atoms with E-state index in [-0.39, 0.29) is 17.8 Å². The van der Waals surface area contributed by atoms with Crippen LogP contribution in [-0.4, -0.2) is 36.0 Å². The lowest BCUT2D eigenvalue weighted by atomic mass is 10.2. The number of nitrogens with one attached hydrogen (secondary N) is 2.